The monoisotopic (exact) mass is 502 g/mol. The Morgan fingerprint density at radius 1 is 1.16 bits per heavy atom. The predicted molar refractivity (Wildman–Crippen MR) is 139 cm³/mol. The van der Waals surface area contributed by atoms with Crippen molar-refractivity contribution in [1.82, 2.24) is 9.66 Å². The average molecular weight is 503 g/mol. The lowest BCUT2D eigenvalue weighted by molar-refractivity contribution is -0.118. The van der Waals surface area contributed by atoms with Crippen molar-refractivity contribution < 1.29 is 18.7 Å². The molecule has 9 nitrogen and oxygen atoms in total. The van der Waals surface area contributed by atoms with Gasteiger partial charge in [-0.1, -0.05) is 18.2 Å². The van der Waals surface area contributed by atoms with E-state index in [-0.39, 0.29) is 6.61 Å². The minimum absolute atomic E-state index is 0.315. The number of nitrogens with zero attached hydrogens (tertiary/aromatic N) is 2. The van der Waals surface area contributed by atoms with Crippen molar-refractivity contribution in [2.45, 2.75) is 6.42 Å². The largest absolute Gasteiger partial charge is 0.493 e. The molecule has 4 rings (SSSR count). The molecule has 37 heavy (non-hydrogen) atoms. The number of aromatic nitrogens is 2. The number of methoxy groups -OCH3 is 1. The van der Waals surface area contributed by atoms with Gasteiger partial charge in [0.15, 0.2) is 18.1 Å². The van der Waals surface area contributed by atoms with Crippen molar-refractivity contribution in [3.05, 3.63) is 111 Å². The number of nitrogens with one attached hydrogen (secondary N) is 2. The minimum Gasteiger partial charge on any atom is -0.493 e. The SMILES string of the molecule is C=CCc1cc(C=Nn2c(=O)[nH]c3ccccc3c2=O)cc(OC)c1OCC(=O)Nc1ccc(F)cc1. The lowest BCUT2D eigenvalue weighted by Gasteiger charge is -2.15. The van der Waals surface area contributed by atoms with Crippen LogP contribution in [-0.4, -0.2) is 35.5 Å². The number of aromatic amines is 1. The highest BCUT2D eigenvalue weighted by Crippen LogP contribution is 2.33. The summed E-state index contributed by atoms with van der Waals surface area (Å²) in [4.78, 5) is 40.1. The van der Waals surface area contributed by atoms with E-state index < -0.39 is 23.0 Å². The Morgan fingerprint density at radius 3 is 2.65 bits per heavy atom. The Balaban J connectivity index is 1.59. The van der Waals surface area contributed by atoms with E-state index in [1.807, 2.05) is 0 Å². The number of rotatable bonds is 9. The number of halogens is 1. The molecule has 0 bridgehead atoms. The van der Waals surface area contributed by atoms with E-state index in [1.165, 1.54) is 37.6 Å². The van der Waals surface area contributed by atoms with Gasteiger partial charge in [0.05, 0.1) is 24.2 Å². The zero-order valence-electron chi connectivity index (χ0n) is 19.9. The maximum Gasteiger partial charge on any atom is 0.349 e. The predicted octanol–water partition coefficient (Wildman–Crippen LogP) is 3.47. The molecule has 1 amide bonds. The summed E-state index contributed by atoms with van der Waals surface area (Å²) >= 11 is 0. The number of amides is 1. The number of anilines is 1. The molecule has 2 N–H and O–H groups in total. The van der Waals surface area contributed by atoms with Gasteiger partial charge in [0.2, 0.25) is 0 Å². The van der Waals surface area contributed by atoms with Gasteiger partial charge >= 0.3 is 5.69 Å². The Morgan fingerprint density at radius 2 is 1.92 bits per heavy atom. The van der Waals surface area contributed by atoms with Gasteiger partial charge in [0.25, 0.3) is 11.5 Å². The first-order valence-corrected chi connectivity index (χ1v) is 11.2. The van der Waals surface area contributed by atoms with Crippen molar-refractivity contribution >= 4 is 28.7 Å². The molecule has 1 heterocycles. The van der Waals surface area contributed by atoms with E-state index in [9.17, 15) is 18.8 Å². The van der Waals surface area contributed by atoms with Crippen molar-refractivity contribution in [3.63, 3.8) is 0 Å². The molecule has 188 valence electrons. The summed E-state index contributed by atoms with van der Waals surface area (Å²) < 4.78 is 25.0. The number of carbonyl (C=O) groups is 1. The average Bonchev–Trinajstić information content (AvgIpc) is 2.89. The molecule has 3 aromatic carbocycles. The highest BCUT2D eigenvalue weighted by Gasteiger charge is 2.15. The number of benzene rings is 3. The zero-order valence-corrected chi connectivity index (χ0v) is 19.9. The first-order chi connectivity index (χ1) is 17.9. The second-order valence-corrected chi connectivity index (χ2v) is 7.89. The van der Waals surface area contributed by atoms with Gasteiger partial charge in [-0.2, -0.15) is 5.10 Å². The van der Waals surface area contributed by atoms with Crippen molar-refractivity contribution in [1.29, 1.82) is 0 Å². The fourth-order valence-corrected chi connectivity index (χ4v) is 3.63. The number of hydrogen-bond acceptors (Lipinski definition) is 6. The first kappa shape index (κ1) is 25.1. The van der Waals surface area contributed by atoms with E-state index in [1.54, 1.807) is 42.5 Å². The van der Waals surface area contributed by atoms with Crippen LogP contribution in [0.15, 0.2) is 88.0 Å². The molecule has 0 saturated heterocycles. The molecule has 0 atom stereocenters. The quantitative estimate of drug-likeness (QED) is 0.269. The summed E-state index contributed by atoms with van der Waals surface area (Å²) in [6.07, 6.45) is 3.38. The number of ether oxygens (including phenoxy) is 2. The molecule has 10 heteroatoms. The van der Waals surface area contributed by atoms with E-state index >= 15 is 0 Å². The molecule has 0 aliphatic heterocycles. The lowest BCUT2D eigenvalue weighted by atomic mass is 10.1. The third kappa shape index (κ3) is 5.81. The molecule has 4 aromatic rings. The molecular weight excluding hydrogens is 479 g/mol. The zero-order chi connectivity index (χ0) is 26.4. The van der Waals surface area contributed by atoms with Crippen LogP contribution in [0.4, 0.5) is 10.1 Å². The van der Waals surface area contributed by atoms with Crippen molar-refractivity contribution in [2.24, 2.45) is 5.10 Å². The number of carbonyl (C=O) groups excluding carboxylic acids is 1. The second-order valence-electron chi connectivity index (χ2n) is 7.89. The molecule has 0 spiro atoms. The normalized spacial score (nSPS) is 11.0. The van der Waals surface area contributed by atoms with Gasteiger partial charge in [-0.25, -0.2) is 9.18 Å². The smallest absolute Gasteiger partial charge is 0.349 e. The van der Waals surface area contributed by atoms with Crippen LogP contribution in [0.25, 0.3) is 10.9 Å². The number of H-pyrrole nitrogens is 1. The third-order valence-corrected chi connectivity index (χ3v) is 5.32. The molecule has 0 fully saturated rings. The summed E-state index contributed by atoms with van der Waals surface area (Å²) in [6, 6.07) is 15.3. The van der Waals surface area contributed by atoms with E-state index in [0.29, 0.717) is 45.6 Å². The van der Waals surface area contributed by atoms with Crippen molar-refractivity contribution in [2.75, 3.05) is 19.0 Å². The first-order valence-electron chi connectivity index (χ1n) is 11.2. The van der Waals surface area contributed by atoms with E-state index in [4.69, 9.17) is 9.47 Å². The minimum atomic E-state index is -0.676. The molecular formula is C27H23FN4O5. The fourth-order valence-electron chi connectivity index (χ4n) is 3.63. The Bertz CT molecular complexity index is 1610. The van der Waals surface area contributed by atoms with Crippen LogP contribution in [0.1, 0.15) is 11.1 Å². The lowest BCUT2D eigenvalue weighted by Crippen LogP contribution is -2.32. The number of hydrogen-bond donors (Lipinski definition) is 2. The van der Waals surface area contributed by atoms with E-state index in [0.717, 1.165) is 4.68 Å². The highest BCUT2D eigenvalue weighted by molar-refractivity contribution is 5.92. The topological polar surface area (TPSA) is 115 Å². The summed E-state index contributed by atoms with van der Waals surface area (Å²) in [5.41, 5.74) is 0.787. The van der Waals surface area contributed by atoms with Crippen LogP contribution in [0.3, 0.4) is 0 Å². The summed E-state index contributed by atoms with van der Waals surface area (Å²) in [5, 5.41) is 7.03. The van der Waals surface area contributed by atoms with Gasteiger partial charge in [-0.15, -0.1) is 11.3 Å². The molecule has 0 saturated carbocycles. The number of allylic oxidation sites excluding steroid dienone is 1. The Hall–Kier alpha value is -4.99. The maximum absolute atomic E-state index is 13.1. The number of para-hydroxylation sites is 1. The van der Waals surface area contributed by atoms with Crippen LogP contribution < -0.4 is 26.0 Å². The number of fused-ring (bicyclic) bond motifs is 1. The standard InChI is InChI=1S/C27H23FN4O5/c1-3-6-18-13-17(15-29-32-26(34)21-7-4-5-8-22(21)31-27(32)35)14-23(36-2)25(18)37-16-24(33)30-20-11-9-19(28)10-12-20/h3-5,7-15H,1,6,16H2,2H3,(H,30,33)(H,31,35). The Labute approximate surface area is 210 Å². The van der Waals surface area contributed by atoms with Crippen LogP contribution in [0.5, 0.6) is 11.5 Å². The van der Waals surface area contributed by atoms with Gasteiger partial charge in [-0.05, 0) is 60.5 Å². The molecule has 0 aliphatic carbocycles. The Kier molecular flexibility index (Phi) is 7.58. The molecule has 0 radical (unpaired) electrons. The van der Waals surface area contributed by atoms with Crippen molar-refractivity contribution in [3.8, 4) is 11.5 Å². The van der Waals surface area contributed by atoms with Gasteiger partial charge in [-0.3, -0.25) is 9.59 Å². The third-order valence-electron chi connectivity index (χ3n) is 5.32. The summed E-state index contributed by atoms with van der Waals surface area (Å²) in [7, 11) is 1.44. The summed E-state index contributed by atoms with van der Waals surface area (Å²) in [6.45, 7) is 3.43. The van der Waals surface area contributed by atoms with Crippen LogP contribution in [-0.2, 0) is 11.2 Å². The second kappa shape index (κ2) is 11.2. The summed E-state index contributed by atoms with van der Waals surface area (Å²) in [5.74, 6) is -0.213. The molecule has 0 aliphatic rings. The molecule has 1 aromatic heterocycles. The fraction of sp³-hybridized carbons (Fsp3) is 0.111. The highest BCUT2D eigenvalue weighted by atomic mass is 19.1. The van der Waals surface area contributed by atoms with Gasteiger partial charge in [0, 0.05) is 11.3 Å². The van der Waals surface area contributed by atoms with Gasteiger partial charge < -0.3 is 19.8 Å². The van der Waals surface area contributed by atoms with Gasteiger partial charge in [0.1, 0.15) is 5.82 Å². The van der Waals surface area contributed by atoms with E-state index in [2.05, 4.69) is 22.0 Å². The molecule has 0 unspecified atom stereocenters. The maximum atomic E-state index is 13.1. The van der Waals surface area contributed by atoms with Crippen LogP contribution in [0.2, 0.25) is 0 Å². The van der Waals surface area contributed by atoms with Crippen LogP contribution >= 0.6 is 0 Å². The van der Waals surface area contributed by atoms with Crippen LogP contribution in [0, 0.1) is 5.82 Å².